The average molecular weight is 358 g/mol. The number of aromatic nitrogens is 1. The standard InChI is InChI=1S/C18H22N4O2S/c1-13(23)22-9-7-15(8-10-22)21-18(24)19-11-16-12-25-17(20-16)14-5-3-2-4-6-14/h2-6,12,15H,7-11H2,1H3,(H2,19,21,24). The fraction of sp³-hybridized carbons (Fsp3) is 0.389. The molecule has 2 heterocycles. The average Bonchev–Trinajstić information content (AvgIpc) is 3.10. The van der Waals surface area contributed by atoms with Crippen LogP contribution < -0.4 is 10.6 Å². The summed E-state index contributed by atoms with van der Waals surface area (Å²) in [5.41, 5.74) is 1.94. The van der Waals surface area contributed by atoms with E-state index in [1.54, 1.807) is 18.3 Å². The lowest BCUT2D eigenvalue weighted by molar-refractivity contribution is -0.129. The SMILES string of the molecule is CC(=O)N1CCC(NC(=O)NCc2csc(-c3ccccc3)n2)CC1. The van der Waals surface area contributed by atoms with Gasteiger partial charge in [-0.05, 0) is 12.8 Å². The van der Waals surface area contributed by atoms with Crippen molar-refractivity contribution in [2.75, 3.05) is 13.1 Å². The number of carbonyl (C=O) groups is 2. The van der Waals surface area contributed by atoms with E-state index in [4.69, 9.17) is 0 Å². The number of nitrogens with zero attached hydrogens (tertiary/aromatic N) is 2. The van der Waals surface area contributed by atoms with Gasteiger partial charge in [-0.3, -0.25) is 4.79 Å². The van der Waals surface area contributed by atoms with E-state index in [-0.39, 0.29) is 18.0 Å². The van der Waals surface area contributed by atoms with Gasteiger partial charge in [0.15, 0.2) is 0 Å². The first-order valence-corrected chi connectivity index (χ1v) is 9.29. The fourth-order valence-electron chi connectivity index (χ4n) is 2.85. The van der Waals surface area contributed by atoms with Crippen molar-refractivity contribution in [3.05, 3.63) is 41.4 Å². The van der Waals surface area contributed by atoms with Crippen molar-refractivity contribution >= 4 is 23.3 Å². The minimum Gasteiger partial charge on any atom is -0.343 e. The molecule has 1 aliphatic heterocycles. The first-order valence-electron chi connectivity index (χ1n) is 8.41. The predicted octanol–water partition coefficient (Wildman–Crippen LogP) is 2.62. The Morgan fingerprint density at radius 2 is 1.96 bits per heavy atom. The maximum absolute atomic E-state index is 12.0. The number of urea groups is 1. The molecule has 6 nitrogen and oxygen atoms in total. The van der Waals surface area contributed by atoms with E-state index in [0.717, 1.165) is 29.1 Å². The molecule has 0 unspecified atom stereocenters. The van der Waals surface area contributed by atoms with Gasteiger partial charge in [0.05, 0.1) is 12.2 Å². The maximum atomic E-state index is 12.0. The molecule has 132 valence electrons. The number of amides is 3. The van der Waals surface area contributed by atoms with Gasteiger partial charge in [-0.2, -0.15) is 0 Å². The van der Waals surface area contributed by atoms with E-state index in [0.29, 0.717) is 19.6 Å². The number of hydrogen-bond acceptors (Lipinski definition) is 4. The minimum atomic E-state index is -0.185. The largest absolute Gasteiger partial charge is 0.343 e. The van der Waals surface area contributed by atoms with Crippen molar-refractivity contribution in [1.82, 2.24) is 20.5 Å². The molecule has 1 aliphatic rings. The summed E-state index contributed by atoms with van der Waals surface area (Å²) in [7, 11) is 0. The molecule has 1 saturated heterocycles. The predicted molar refractivity (Wildman–Crippen MR) is 98.2 cm³/mol. The first kappa shape index (κ1) is 17.4. The number of rotatable bonds is 4. The lowest BCUT2D eigenvalue weighted by atomic mass is 10.1. The minimum absolute atomic E-state index is 0.0978. The van der Waals surface area contributed by atoms with Gasteiger partial charge >= 0.3 is 6.03 Å². The second-order valence-electron chi connectivity index (χ2n) is 6.12. The second kappa shape index (κ2) is 8.11. The lowest BCUT2D eigenvalue weighted by Crippen LogP contribution is -2.48. The molecular weight excluding hydrogens is 336 g/mol. The maximum Gasteiger partial charge on any atom is 0.315 e. The highest BCUT2D eigenvalue weighted by atomic mass is 32.1. The van der Waals surface area contributed by atoms with Crippen LogP contribution in [0.3, 0.4) is 0 Å². The van der Waals surface area contributed by atoms with E-state index in [1.165, 1.54) is 0 Å². The Hall–Kier alpha value is -2.41. The van der Waals surface area contributed by atoms with E-state index in [2.05, 4.69) is 15.6 Å². The molecule has 1 aromatic heterocycles. The van der Waals surface area contributed by atoms with Gasteiger partial charge in [0.1, 0.15) is 5.01 Å². The Kier molecular flexibility index (Phi) is 5.65. The first-order chi connectivity index (χ1) is 12.1. The molecule has 0 spiro atoms. The van der Waals surface area contributed by atoms with Crippen LogP contribution in [-0.4, -0.2) is 41.0 Å². The Morgan fingerprint density at radius 3 is 2.64 bits per heavy atom. The van der Waals surface area contributed by atoms with Crippen molar-refractivity contribution in [2.24, 2.45) is 0 Å². The highest BCUT2D eigenvalue weighted by Gasteiger charge is 2.21. The van der Waals surface area contributed by atoms with Crippen LogP contribution in [0, 0.1) is 0 Å². The summed E-state index contributed by atoms with van der Waals surface area (Å²) >= 11 is 1.57. The van der Waals surface area contributed by atoms with Gasteiger partial charge in [-0.15, -0.1) is 11.3 Å². The molecule has 2 N–H and O–H groups in total. The number of piperidine rings is 1. The Balaban J connectivity index is 1.44. The number of thiazole rings is 1. The van der Waals surface area contributed by atoms with Crippen molar-refractivity contribution in [3.63, 3.8) is 0 Å². The Bertz CT molecular complexity index is 724. The van der Waals surface area contributed by atoms with E-state index in [1.807, 2.05) is 40.6 Å². The third kappa shape index (κ3) is 4.79. The molecule has 0 saturated carbocycles. The highest BCUT2D eigenvalue weighted by molar-refractivity contribution is 7.13. The van der Waals surface area contributed by atoms with Crippen LogP contribution in [0.1, 0.15) is 25.5 Å². The zero-order valence-electron chi connectivity index (χ0n) is 14.2. The smallest absolute Gasteiger partial charge is 0.315 e. The van der Waals surface area contributed by atoms with Gasteiger partial charge in [-0.25, -0.2) is 9.78 Å². The molecule has 25 heavy (non-hydrogen) atoms. The third-order valence-corrected chi connectivity index (χ3v) is 5.22. The van der Waals surface area contributed by atoms with Gasteiger partial charge < -0.3 is 15.5 Å². The number of likely N-dealkylation sites (tertiary alicyclic amines) is 1. The van der Waals surface area contributed by atoms with Crippen molar-refractivity contribution in [3.8, 4) is 10.6 Å². The van der Waals surface area contributed by atoms with Crippen LogP contribution in [0.25, 0.3) is 10.6 Å². The lowest BCUT2D eigenvalue weighted by Gasteiger charge is -2.31. The van der Waals surface area contributed by atoms with Gasteiger partial charge in [0.2, 0.25) is 5.91 Å². The summed E-state index contributed by atoms with van der Waals surface area (Å²) in [6.07, 6.45) is 1.59. The van der Waals surface area contributed by atoms with Crippen LogP contribution in [0.4, 0.5) is 4.79 Å². The van der Waals surface area contributed by atoms with Crippen molar-refractivity contribution < 1.29 is 9.59 Å². The molecule has 1 aromatic carbocycles. The summed E-state index contributed by atoms with van der Waals surface area (Å²) in [4.78, 5) is 29.7. The van der Waals surface area contributed by atoms with Crippen LogP contribution in [0.5, 0.6) is 0 Å². The summed E-state index contributed by atoms with van der Waals surface area (Å²) < 4.78 is 0. The molecule has 0 aliphatic carbocycles. The quantitative estimate of drug-likeness (QED) is 0.882. The zero-order valence-corrected chi connectivity index (χ0v) is 15.0. The molecule has 3 rings (SSSR count). The molecular formula is C18H22N4O2S. The van der Waals surface area contributed by atoms with E-state index < -0.39 is 0 Å². The van der Waals surface area contributed by atoms with Crippen molar-refractivity contribution in [1.29, 1.82) is 0 Å². The Labute approximate surface area is 151 Å². The highest BCUT2D eigenvalue weighted by Crippen LogP contribution is 2.23. The molecule has 2 aromatic rings. The zero-order chi connectivity index (χ0) is 17.6. The molecule has 7 heteroatoms. The number of nitrogens with one attached hydrogen (secondary N) is 2. The summed E-state index contributed by atoms with van der Waals surface area (Å²) in [6.45, 7) is 3.39. The topological polar surface area (TPSA) is 74.3 Å². The Morgan fingerprint density at radius 1 is 1.24 bits per heavy atom. The third-order valence-electron chi connectivity index (χ3n) is 4.28. The van der Waals surface area contributed by atoms with Crippen LogP contribution in [-0.2, 0) is 11.3 Å². The van der Waals surface area contributed by atoms with Crippen molar-refractivity contribution in [2.45, 2.75) is 32.4 Å². The summed E-state index contributed by atoms with van der Waals surface area (Å²) in [5.74, 6) is 0.0978. The second-order valence-corrected chi connectivity index (χ2v) is 6.98. The van der Waals surface area contributed by atoms with E-state index >= 15 is 0 Å². The van der Waals surface area contributed by atoms with Gasteiger partial charge in [-0.1, -0.05) is 30.3 Å². The molecule has 0 bridgehead atoms. The summed E-state index contributed by atoms with van der Waals surface area (Å²) in [5, 5.41) is 8.75. The van der Waals surface area contributed by atoms with E-state index in [9.17, 15) is 9.59 Å². The van der Waals surface area contributed by atoms with Crippen LogP contribution in [0.2, 0.25) is 0 Å². The normalized spacial score (nSPS) is 15.0. The number of carbonyl (C=O) groups excluding carboxylic acids is 2. The van der Waals surface area contributed by atoms with Gasteiger partial charge in [0.25, 0.3) is 0 Å². The number of hydrogen-bond donors (Lipinski definition) is 2. The fourth-order valence-corrected chi connectivity index (χ4v) is 3.67. The molecule has 1 fully saturated rings. The molecule has 3 amide bonds. The van der Waals surface area contributed by atoms with Crippen LogP contribution in [0.15, 0.2) is 35.7 Å². The monoisotopic (exact) mass is 358 g/mol. The number of benzene rings is 1. The summed E-state index contributed by atoms with van der Waals surface area (Å²) in [6, 6.07) is 9.93. The van der Waals surface area contributed by atoms with Crippen LogP contribution >= 0.6 is 11.3 Å². The molecule has 0 radical (unpaired) electrons. The van der Waals surface area contributed by atoms with Gasteiger partial charge in [0, 0.05) is 37.0 Å². The molecule has 0 atom stereocenters.